The number of aromatic hydroxyl groups is 4. The average Bonchev–Trinajstić information content (AvgIpc) is 2.76. The highest BCUT2D eigenvalue weighted by molar-refractivity contribution is 6.07. The van der Waals surface area contributed by atoms with Gasteiger partial charge in [-0.3, -0.25) is 4.79 Å². The molecule has 162 valence electrons. The van der Waals surface area contributed by atoms with E-state index in [0.29, 0.717) is 11.1 Å². The fourth-order valence-electron chi connectivity index (χ4n) is 3.38. The van der Waals surface area contributed by atoms with Crippen LogP contribution in [-0.2, 0) is 9.53 Å². The maximum Gasteiger partial charge on any atom is 0.331 e. The van der Waals surface area contributed by atoms with Crippen molar-refractivity contribution >= 4 is 17.8 Å². The molecule has 1 aliphatic rings. The third kappa shape index (κ3) is 4.06. The summed E-state index contributed by atoms with van der Waals surface area (Å²) in [7, 11) is 0. The maximum absolute atomic E-state index is 13.1. The number of carbonyl (C=O) groups excluding carboxylic acids is 2. The molecule has 2 atom stereocenters. The summed E-state index contributed by atoms with van der Waals surface area (Å²) in [5.74, 6) is -2.99. The molecule has 0 aromatic heterocycles. The van der Waals surface area contributed by atoms with Crippen molar-refractivity contribution in [3.8, 4) is 28.7 Å². The molecule has 0 saturated heterocycles. The van der Waals surface area contributed by atoms with Crippen LogP contribution in [0.1, 0.15) is 27.6 Å². The Kier molecular flexibility index (Phi) is 5.43. The lowest BCUT2D eigenvalue weighted by atomic mass is 9.92. The fraction of sp³-hybridized carbons (Fsp3) is 0.0833. The molecule has 0 amide bonds. The van der Waals surface area contributed by atoms with Crippen LogP contribution in [0.15, 0.2) is 66.7 Å². The number of hydrogen-bond donors (Lipinski definition) is 4. The minimum Gasteiger partial charge on any atom is -0.508 e. The topological polar surface area (TPSA) is 134 Å². The van der Waals surface area contributed by atoms with Gasteiger partial charge < -0.3 is 29.9 Å². The number of ether oxygens (including phenoxy) is 2. The zero-order valence-electron chi connectivity index (χ0n) is 16.5. The summed E-state index contributed by atoms with van der Waals surface area (Å²) >= 11 is 0. The highest BCUT2D eigenvalue weighted by Crippen LogP contribution is 2.42. The van der Waals surface area contributed by atoms with E-state index in [2.05, 4.69) is 0 Å². The van der Waals surface area contributed by atoms with Gasteiger partial charge in [-0.2, -0.15) is 0 Å². The van der Waals surface area contributed by atoms with Crippen LogP contribution in [0.2, 0.25) is 0 Å². The maximum atomic E-state index is 13.1. The molecular weight excluding hydrogens is 416 g/mol. The summed E-state index contributed by atoms with van der Waals surface area (Å²) < 4.78 is 11.3. The number of ketones is 1. The van der Waals surface area contributed by atoms with E-state index in [4.69, 9.17) is 9.47 Å². The van der Waals surface area contributed by atoms with Crippen LogP contribution in [-0.4, -0.2) is 38.3 Å². The minimum atomic E-state index is -1.40. The molecule has 4 rings (SSSR count). The normalized spacial score (nSPS) is 17.6. The molecule has 0 aliphatic carbocycles. The second kappa shape index (κ2) is 8.35. The standard InChI is InChI=1S/C24H18O8/c25-15-11-18(28)21-19(12-15)31-23(14-4-2-1-3-5-14)24(22(21)30)32-20(29)9-7-13-6-8-16(26)17(27)10-13/h1-12,23-28H. The number of Topliss-reactive ketones (excluding diaryl/α,β-unsaturated/α-hetero) is 1. The zero-order chi connectivity index (χ0) is 22.8. The quantitative estimate of drug-likeness (QED) is 0.279. The predicted octanol–water partition coefficient (Wildman–Crippen LogP) is 3.45. The number of phenols is 4. The number of carbonyl (C=O) groups is 2. The Hall–Kier alpha value is -4.46. The first-order chi connectivity index (χ1) is 15.3. The van der Waals surface area contributed by atoms with Crippen molar-refractivity contribution in [1.29, 1.82) is 0 Å². The molecule has 0 fully saturated rings. The Morgan fingerprint density at radius 1 is 0.906 bits per heavy atom. The molecule has 1 aliphatic heterocycles. The van der Waals surface area contributed by atoms with Crippen LogP contribution in [0.5, 0.6) is 28.7 Å². The van der Waals surface area contributed by atoms with Gasteiger partial charge in [-0.05, 0) is 29.3 Å². The van der Waals surface area contributed by atoms with Crippen LogP contribution in [0, 0.1) is 0 Å². The van der Waals surface area contributed by atoms with Gasteiger partial charge in [0.05, 0.1) is 0 Å². The summed E-state index contributed by atoms with van der Waals surface area (Å²) in [6, 6.07) is 14.8. The van der Waals surface area contributed by atoms with E-state index in [1.807, 2.05) is 0 Å². The van der Waals surface area contributed by atoms with E-state index in [9.17, 15) is 30.0 Å². The van der Waals surface area contributed by atoms with Gasteiger partial charge in [0.2, 0.25) is 11.9 Å². The molecular formula is C24H18O8. The van der Waals surface area contributed by atoms with Gasteiger partial charge in [-0.15, -0.1) is 0 Å². The Labute approximate surface area is 182 Å². The van der Waals surface area contributed by atoms with Gasteiger partial charge in [0.1, 0.15) is 22.8 Å². The molecule has 0 bridgehead atoms. The molecule has 2 unspecified atom stereocenters. The van der Waals surface area contributed by atoms with E-state index < -0.39 is 29.7 Å². The molecule has 0 saturated carbocycles. The predicted molar refractivity (Wildman–Crippen MR) is 113 cm³/mol. The van der Waals surface area contributed by atoms with Gasteiger partial charge in [0.25, 0.3) is 0 Å². The van der Waals surface area contributed by atoms with E-state index >= 15 is 0 Å². The summed E-state index contributed by atoms with van der Waals surface area (Å²) in [6.07, 6.45) is 0.00227. The Morgan fingerprint density at radius 3 is 2.38 bits per heavy atom. The smallest absolute Gasteiger partial charge is 0.331 e. The highest BCUT2D eigenvalue weighted by atomic mass is 16.6. The van der Waals surface area contributed by atoms with Gasteiger partial charge in [-0.1, -0.05) is 36.4 Å². The molecule has 0 radical (unpaired) electrons. The first-order valence-electron chi connectivity index (χ1n) is 9.56. The third-order valence-corrected chi connectivity index (χ3v) is 4.88. The summed E-state index contributed by atoms with van der Waals surface area (Å²) in [5.41, 5.74) is 0.779. The number of fused-ring (bicyclic) bond motifs is 1. The first-order valence-corrected chi connectivity index (χ1v) is 9.56. The Bertz CT molecular complexity index is 1220. The van der Waals surface area contributed by atoms with Gasteiger partial charge in [0, 0.05) is 18.2 Å². The fourth-order valence-corrected chi connectivity index (χ4v) is 3.38. The number of phenolic OH excluding ortho intramolecular Hbond substituents is 4. The second-order valence-electron chi connectivity index (χ2n) is 7.09. The third-order valence-electron chi connectivity index (χ3n) is 4.88. The highest BCUT2D eigenvalue weighted by Gasteiger charge is 2.42. The van der Waals surface area contributed by atoms with Gasteiger partial charge in [-0.25, -0.2) is 4.79 Å². The number of hydrogen-bond acceptors (Lipinski definition) is 8. The van der Waals surface area contributed by atoms with Gasteiger partial charge >= 0.3 is 5.97 Å². The SMILES string of the molecule is O=C(C=Cc1ccc(O)c(O)c1)OC1C(=O)c2c(O)cc(O)cc2OC1c1ccccc1. The van der Waals surface area contributed by atoms with Crippen LogP contribution in [0.3, 0.4) is 0 Å². The molecule has 3 aromatic rings. The van der Waals surface area contributed by atoms with Crippen LogP contribution >= 0.6 is 0 Å². The van der Waals surface area contributed by atoms with Crippen molar-refractivity contribution in [1.82, 2.24) is 0 Å². The van der Waals surface area contributed by atoms with E-state index in [1.54, 1.807) is 30.3 Å². The lowest BCUT2D eigenvalue weighted by molar-refractivity contribution is -0.145. The monoisotopic (exact) mass is 434 g/mol. The molecule has 3 aromatic carbocycles. The van der Waals surface area contributed by atoms with Crippen LogP contribution < -0.4 is 4.74 Å². The molecule has 4 N–H and O–H groups in total. The van der Waals surface area contributed by atoms with Gasteiger partial charge in [0.15, 0.2) is 17.6 Å². The lowest BCUT2D eigenvalue weighted by Gasteiger charge is -2.32. The van der Waals surface area contributed by atoms with Crippen LogP contribution in [0.25, 0.3) is 6.08 Å². The van der Waals surface area contributed by atoms with Crippen molar-refractivity contribution in [3.05, 3.63) is 83.4 Å². The van der Waals surface area contributed by atoms with E-state index in [-0.39, 0.29) is 28.6 Å². The Morgan fingerprint density at radius 2 is 1.66 bits per heavy atom. The van der Waals surface area contributed by atoms with Crippen LogP contribution in [0.4, 0.5) is 0 Å². The molecule has 32 heavy (non-hydrogen) atoms. The molecule has 8 heteroatoms. The molecule has 1 heterocycles. The van der Waals surface area contributed by atoms with Crippen molar-refractivity contribution in [2.75, 3.05) is 0 Å². The molecule has 8 nitrogen and oxygen atoms in total. The van der Waals surface area contributed by atoms with Crippen molar-refractivity contribution in [2.24, 2.45) is 0 Å². The zero-order valence-corrected chi connectivity index (χ0v) is 16.5. The first kappa shape index (κ1) is 20.8. The van der Waals surface area contributed by atoms with E-state index in [0.717, 1.165) is 12.1 Å². The van der Waals surface area contributed by atoms with E-state index in [1.165, 1.54) is 30.3 Å². The Balaban J connectivity index is 1.64. The number of esters is 1. The summed E-state index contributed by atoms with van der Waals surface area (Å²) in [6.45, 7) is 0. The molecule has 0 spiro atoms. The largest absolute Gasteiger partial charge is 0.508 e. The van der Waals surface area contributed by atoms with Crippen molar-refractivity contribution in [2.45, 2.75) is 12.2 Å². The minimum absolute atomic E-state index is 0.0243. The van der Waals surface area contributed by atoms with Crippen molar-refractivity contribution < 1.29 is 39.5 Å². The second-order valence-corrected chi connectivity index (χ2v) is 7.09. The number of benzene rings is 3. The summed E-state index contributed by atoms with van der Waals surface area (Å²) in [5, 5.41) is 38.8. The average molecular weight is 434 g/mol. The number of rotatable bonds is 4. The van der Waals surface area contributed by atoms with Crippen molar-refractivity contribution in [3.63, 3.8) is 0 Å². The summed E-state index contributed by atoms with van der Waals surface area (Å²) in [4.78, 5) is 25.6. The lowest BCUT2D eigenvalue weighted by Crippen LogP contribution is -2.39.